The van der Waals surface area contributed by atoms with Gasteiger partial charge in [-0.2, -0.15) is 14.8 Å². The van der Waals surface area contributed by atoms with Crippen molar-refractivity contribution in [1.82, 2.24) is 24.5 Å². The lowest BCUT2D eigenvalue weighted by Crippen LogP contribution is -2.41. The van der Waals surface area contributed by atoms with Crippen molar-refractivity contribution in [2.75, 3.05) is 11.9 Å². The molecule has 35 heavy (non-hydrogen) atoms. The van der Waals surface area contributed by atoms with Crippen LogP contribution in [0.15, 0.2) is 62.6 Å². The summed E-state index contributed by atoms with van der Waals surface area (Å²) in [5.41, 5.74) is 0.682. The number of rotatable bonds is 7. The third-order valence-corrected chi connectivity index (χ3v) is 5.48. The van der Waals surface area contributed by atoms with Gasteiger partial charge in [0.05, 0.1) is 5.69 Å². The summed E-state index contributed by atoms with van der Waals surface area (Å²) in [7, 11) is 1.58. The van der Waals surface area contributed by atoms with Gasteiger partial charge in [-0.15, -0.1) is 0 Å². The van der Waals surface area contributed by atoms with Gasteiger partial charge < -0.3 is 9.42 Å². The summed E-state index contributed by atoms with van der Waals surface area (Å²) in [6.45, 7) is 3.73. The monoisotopic (exact) mass is 478 g/mol. The molecule has 0 aliphatic carbocycles. The molecule has 0 atom stereocenters. The van der Waals surface area contributed by atoms with Crippen LogP contribution in [0.3, 0.4) is 0 Å². The second kappa shape index (κ2) is 9.84. The van der Waals surface area contributed by atoms with Crippen molar-refractivity contribution >= 4 is 11.6 Å². The minimum absolute atomic E-state index is 0.0466. The Morgan fingerprint density at radius 3 is 2.43 bits per heavy atom. The van der Waals surface area contributed by atoms with Crippen molar-refractivity contribution in [2.45, 2.75) is 33.2 Å². The summed E-state index contributed by atoms with van der Waals surface area (Å²) in [6, 6.07) is 12.7. The molecule has 2 heterocycles. The highest BCUT2D eigenvalue weighted by Gasteiger charge is 2.21. The Bertz CT molecular complexity index is 1470. The van der Waals surface area contributed by atoms with Crippen molar-refractivity contribution in [2.24, 2.45) is 0 Å². The predicted octanol–water partition coefficient (Wildman–Crippen LogP) is 2.51. The highest BCUT2D eigenvalue weighted by Crippen LogP contribution is 2.16. The Morgan fingerprint density at radius 1 is 1.09 bits per heavy atom. The second-order valence-corrected chi connectivity index (χ2v) is 7.87. The van der Waals surface area contributed by atoms with Gasteiger partial charge in [0.25, 0.3) is 5.56 Å². The third-order valence-electron chi connectivity index (χ3n) is 5.48. The molecule has 0 saturated heterocycles. The van der Waals surface area contributed by atoms with Crippen LogP contribution in [0.1, 0.15) is 24.8 Å². The van der Waals surface area contributed by atoms with Crippen LogP contribution < -0.4 is 16.1 Å². The van der Waals surface area contributed by atoms with Gasteiger partial charge in [-0.05, 0) is 50.2 Å². The Kier molecular flexibility index (Phi) is 6.67. The number of anilines is 1. The SMILES string of the molecule is CCn1c(=O)c(-c2noc(CCC(=O)N(C)c3ccc(F)cc3)n2)nn(-c2ccc(C)cc2)c1=O. The van der Waals surface area contributed by atoms with Crippen molar-refractivity contribution in [1.29, 1.82) is 0 Å². The highest BCUT2D eigenvalue weighted by atomic mass is 19.1. The smallest absolute Gasteiger partial charge is 0.339 e. The van der Waals surface area contributed by atoms with Crippen LogP contribution in [0.5, 0.6) is 0 Å². The van der Waals surface area contributed by atoms with E-state index in [0.717, 1.165) is 14.8 Å². The van der Waals surface area contributed by atoms with E-state index in [1.807, 2.05) is 19.1 Å². The van der Waals surface area contributed by atoms with Crippen LogP contribution in [-0.2, 0) is 17.8 Å². The summed E-state index contributed by atoms with van der Waals surface area (Å²) in [6.07, 6.45) is 0.169. The Morgan fingerprint density at radius 2 is 1.77 bits per heavy atom. The molecule has 0 aliphatic rings. The normalized spacial score (nSPS) is 11.0. The van der Waals surface area contributed by atoms with Gasteiger partial charge in [0, 0.05) is 32.1 Å². The van der Waals surface area contributed by atoms with E-state index >= 15 is 0 Å². The molecule has 0 N–H and O–H groups in total. The molecule has 0 fully saturated rings. The van der Waals surface area contributed by atoms with Crippen LogP contribution in [0.4, 0.5) is 10.1 Å². The van der Waals surface area contributed by atoms with Crippen molar-refractivity contribution in [3.05, 3.63) is 86.6 Å². The van der Waals surface area contributed by atoms with Crippen LogP contribution >= 0.6 is 0 Å². The lowest BCUT2D eigenvalue weighted by Gasteiger charge is -2.16. The molecule has 1 amide bonds. The van der Waals surface area contributed by atoms with Crippen molar-refractivity contribution in [3.63, 3.8) is 0 Å². The van der Waals surface area contributed by atoms with E-state index < -0.39 is 17.1 Å². The fourth-order valence-electron chi connectivity index (χ4n) is 3.43. The van der Waals surface area contributed by atoms with Crippen LogP contribution in [0, 0.1) is 12.7 Å². The second-order valence-electron chi connectivity index (χ2n) is 7.87. The van der Waals surface area contributed by atoms with Gasteiger partial charge in [-0.25, -0.2) is 9.18 Å². The quantitative estimate of drug-likeness (QED) is 0.401. The first-order valence-electron chi connectivity index (χ1n) is 10.9. The number of nitrogens with zero attached hydrogens (tertiary/aromatic N) is 6. The summed E-state index contributed by atoms with van der Waals surface area (Å²) in [4.78, 5) is 43.8. The first-order valence-corrected chi connectivity index (χ1v) is 10.9. The Balaban J connectivity index is 1.58. The van der Waals surface area contributed by atoms with Gasteiger partial charge in [0.1, 0.15) is 5.82 Å². The number of hydrogen-bond donors (Lipinski definition) is 0. The molecule has 0 saturated carbocycles. The first kappa shape index (κ1) is 23.7. The number of aryl methyl sites for hydroxylation is 2. The maximum Gasteiger partial charge on any atom is 0.352 e. The van der Waals surface area contributed by atoms with Crippen molar-refractivity contribution in [3.8, 4) is 17.2 Å². The molecule has 2 aromatic carbocycles. The van der Waals surface area contributed by atoms with E-state index in [-0.39, 0.29) is 42.7 Å². The summed E-state index contributed by atoms with van der Waals surface area (Å²) < 4.78 is 20.5. The lowest BCUT2D eigenvalue weighted by atomic mass is 10.2. The highest BCUT2D eigenvalue weighted by molar-refractivity contribution is 5.92. The van der Waals surface area contributed by atoms with Gasteiger partial charge in [-0.1, -0.05) is 22.9 Å². The van der Waals surface area contributed by atoms with E-state index in [1.165, 1.54) is 29.2 Å². The van der Waals surface area contributed by atoms with E-state index in [9.17, 15) is 18.8 Å². The molecular formula is C24H23FN6O4. The molecule has 0 spiro atoms. The summed E-state index contributed by atoms with van der Waals surface area (Å²) in [5.74, 6) is -0.571. The van der Waals surface area contributed by atoms with Gasteiger partial charge in [0.2, 0.25) is 17.6 Å². The molecule has 4 rings (SSSR count). The van der Waals surface area contributed by atoms with Crippen LogP contribution in [0.25, 0.3) is 17.2 Å². The average Bonchev–Trinajstić information content (AvgIpc) is 3.32. The minimum atomic E-state index is -0.639. The molecule has 0 aliphatic heterocycles. The zero-order valence-corrected chi connectivity index (χ0v) is 19.4. The molecule has 10 nitrogen and oxygen atoms in total. The number of carbonyl (C=O) groups excluding carboxylic acids is 1. The molecule has 4 aromatic rings. The van der Waals surface area contributed by atoms with E-state index in [1.54, 1.807) is 26.1 Å². The van der Waals surface area contributed by atoms with Crippen molar-refractivity contribution < 1.29 is 13.7 Å². The first-order chi connectivity index (χ1) is 16.8. The molecule has 2 aromatic heterocycles. The third kappa shape index (κ3) is 4.93. The fourth-order valence-corrected chi connectivity index (χ4v) is 3.43. The maximum absolute atomic E-state index is 13.1. The Hall–Kier alpha value is -4.41. The number of hydrogen-bond acceptors (Lipinski definition) is 7. The standard InChI is InChI=1S/C24H23FN6O4/c1-4-30-23(33)21(27-31(24(30)34)18-9-5-15(2)6-10-18)22-26-19(35-28-22)13-14-20(32)29(3)17-11-7-16(25)8-12-17/h5-12H,4,13-14H2,1-3H3. The van der Waals surface area contributed by atoms with Crippen LogP contribution in [0.2, 0.25) is 0 Å². The largest absolute Gasteiger partial charge is 0.352 e. The molecule has 180 valence electrons. The lowest BCUT2D eigenvalue weighted by molar-refractivity contribution is -0.118. The molecule has 11 heteroatoms. The molecule has 0 bridgehead atoms. The Labute approximate surface area is 199 Å². The predicted molar refractivity (Wildman–Crippen MR) is 126 cm³/mol. The molecule has 0 unspecified atom stereocenters. The molecular weight excluding hydrogens is 455 g/mol. The van der Waals surface area contributed by atoms with Gasteiger partial charge in [0.15, 0.2) is 5.69 Å². The number of aromatic nitrogens is 5. The topological polar surface area (TPSA) is 116 Å². The molecule has 0 radical (unpaired) electrons. The number of benzene rings is 2. The zero-order valence-electron chi connectivity index (χ0n) is 19.4. The number of amides is 1. The van der Waals surface area contributed by atoms with Crippen LogP contribution in [-0.4, -0.2) is 37.4 Å². The van der Waals surface area contributed by atoms with E-state index in [2.05, 4.69) is 15.2 Å². The average molecular weight is 478 g/mol. The van der Waals surface area contributed by atoms with Gasteiger partial charge >= 0.3 is 5.69 Å². The fraction of sp³-hybridized carbons (Fsp3) is 0.250. The zero-order chi connectivity index (χ0) is 25.1. The van der Waals surface area contributed by atoms with E-state index in [0.29, 0.717) is 11.4 Å². The number of halogens is 1. The van der Waals surface area contributed by atoms with Gasteiger partial charge in [-0.3, -0.25) is 14.2 Å². The summed E-state index contributed by atoms with van der Waals surface area (Å²) in [5, 5.41) is 8.06. The minimum Gasteiger partial charge on any atom is -0.339 e. The number of carbonyl (C=O) groups is 1. The summed E-state index contributed by atoms with van der Waals surface area (Å²) >= 11 is 0. The van der Waals surface area contributed by atoms with E-state index in [4.69, 9.17) is 4.52 Å². The maximum atomic E-state index is 13.1.